The summed E-state index contributed by atoms with van der Waals surface area (Å²) in [6, 6.07) is 0. The maximum absolute atomic E-state index is 10.5. The number of ether oxygens (including phenoxy) is 1. The van der Waals surface area contributed by atoms with Crippen molar-refractivity contribution in [3.05, 3.63) is 21.7 Å². The van der Waals surface area contributed by atoms with Crippen molar-refractivity contribution < 1.29 is 14.6 Å². The van der Waals surface area contributed by atoms with Gasteiger partial charge in [-0.3, -0.25) is 0 Å². The van der Waals surface area contributed by atoms with Crippen molar-refractivity contribution in [2.75, 3.05) is 12.9 Å². The van der Waals surface area contributed by atoms with Crippen molar-refractivity contribution in [3.8, 4) is 0 Å². The zero-order valence-electron chi connectivity index (χ0n) is 9.80. The highest BCUT2D eigenvalue weighted by Gasteiger charge is 2.09. The monoisotopic (exact) mass is 273 g/mol. The van der Waals surface area contributed by atoms with E-state index in [1.54, 1.807) is 24.9 Å². The van der Waals surface area contributed by atoms with Crippen molar-refractivity contribution in [3.63, 3.8) is 0 Å². The lowest BCUT2D eigenvalue weighted by Crippen LogP contribution is -1.91. The third kappa shape index (κ3) is 4.89. The molecule has 6 heteroatoms. The molecule has 0 saturated carbocycles. The molecule has 4 nitrogen and oxygen atoms in total. The Morgan fingerprint density at radius 2 is 2.41 bits per heavy atom. The number of carboxylic acids is 1. The van der Waals surface area contributed by atoms with Gasteiger partial charge >= 0.3 is 5.97 Å². The lowest BCUT2D eigenvalue weighted by molar-refractivity contribution is -0.131. The maximum atomic E-state index is 10.5. The van der Waals surface area contributed by atoms with E-state index in [0.29, 0.717) is 6.61 Å². The summed E-state index contributed by atoms with van der Waals surface area (Å²) in [7, 11) is 1.60. The molecular formula is C11H15NO3S2. The first-order valence-corrected chi connectivity index (χ1v) is 7.10. The molecule has 0 fully saturated rings. The number of methoxy groups -OCH3 is 1. The van der Waals surface area contributed by atoms with Gasteiger partial charge in [-0.25, -0.2) is 9.78 Å². The van der Waals surface area contributed by atoms with E-state index >= 15 is 0 Å². The van der Waals surface area contributed by atoms with Gasteiger partial charge in [0.1, 0.15) is 5.01 Å². The number of aliphatic carboxylic acids is 1. The third-order valence-corrected chi connectivity index (χ3v) is 3.99. The quantitative estimate of drug-likeness (QED) is 0.774. The molecule has 0 saturated heterocycles. The molecule has 0 spiro atoms. The molecule has 1 aromatic rings. The zero-order valence-corrected chi connectivity index (χ0v) is 11.4. The van der Waals surface area contributed by atoms with E-state index in [1.165, 1.54) is 11.3 Å². The van der Waals surface area contributed by atoms with E-state index in [2.05, 4.69) is 11.9 Å². The minimum absolute atomic E-state index is 0.409. The first kappa shape index (κ1) is 14.2. The molecular weight excluding hydrogens is 258 g/mol. The van der Waals surface area contributed by atoms with Crippen LogP contribution in [0, 0.1) is 0 Å². The number of thiazole rings is 1. The van der Waals surface area contributed by atoms with Crippen LogP contribution in [0.4, 0.5) is 0 Å². The molecule has 1 rings (SSSR count). The highest BCUT2D eigenvalue weighted by Crippen LogP contribution is 2.24. The Kier molecular flexibility index (Phi) is 6.25. The lowest BCUT2D eigenvalue weighted by atomic mass is 10.3. The first-order chi connectivity index (χ1) is 8.17. The number of hydrogen-bond acceptors (Lipinski definition) is 5. The summed E-state index contributed by atoms with van der Waals surface area (Å²) in [6.07, 6.45) is 2.71. The normalized spacial score (nSPS) is 11.2. The molecule has 0 aliphatic carbocycles. The minimum Gasteiger partial charge on any atom is -0.478 e. The Balaban J connectivity index is 2.84. The van der Waals surface area contributed by atoms with Gasteiger partial charge in [-0.15, -0.1) is 11.3 Å². The van der Waals surface area contributed by atoms with Gasteiger partial charge in [-0.1, -0.05) is 6.92 Å². The highest BCUT2D eigenvalue weighted by atomic mass is 32.2. The van der Waals surface area contributed by atoms with E-state index in [1.807, 2.05) is 0 Å². The van der Waals surface area contributed by atoms with Gasteiger partial charge in [0, 0.05) is 18.9 Å². The molecule has 0 aromatic carbocycles. The summed E-state index contributed by atoms with van der Waals surface area (Å²) in [5.74, 6) is 0.949. The number of aromatic nitrogens is 1. The standard InChI is InChI=1S/C11H15NO3S2/c1-3-16-7-10-12-8(6-15-2)9(17-10)4-5-11(13)14/h4-5H,3,6-7H2,1-2H3,(H,13,14)/b5-4+. The van der Waals surface area contributed by atoms with E-state index in [4.69, 9.17) is 9.84 Å². The average molecular weight is 273 g/mol. The SMILES string of the molecule is CCSCc1nc(COC)c(/C=C/C(=O)O)s1. The van der Waals surface area contributed by atoms with Crippen molar-refractivity contribution in [1.29, 1.82) is 0 Å². The fraction of sp³-hybridized carbons (Fsp3) is 0.455. The molecule has 1 heterocycles. The first-order valence-electron chi connectivity index (χ1n) is 5.13. The van der Waals surface area contributed by atoms with Gasteiger partial charge in [0.15, 0.2) is 0 Å². The second-order valence-electron chi connectivity index (χ2n) is 3.16. The zero-order chi connectivity index (χ0) is 12.7. The van der Waals surface area contributed by atoms with Crippen molar-refractivity contribution >= 4 is 35.1 Å². The van der Waals surface area contributed by atoms with Crippen LogP contribution >= 0.6 is 23.1 Å². The van der Waals surface area contributed by atoms with E-state index in [-0.39, 0.29) is 0 Å². The van der Waals surface area contributed by atoms with Crippen LogP contribution in [0.1, 0.15) is 22.5 Å². The number of rotatable bonds is 7. The van der Waals surface area contributed by atoms with Gasteiger partial charge in [0.25, 0.3) is 0 Å². The smallest absolute Gasteiger partial charge is 0.328 e. The number of carbonyl (C=O) groups is 1. The second-order valence-corrected chi connectivity index (χ2v) is 5.55. The largest absolute Gasteiger partial charge is 0.478 e. The van der Waals surface area contributed by atoms with Crippen LogP contribution in [0.15, 0.2) is 6.08 Å². The summed E-state index contributed by atoms with van der Waals surface area (Å²) < 4.78 is 5.05. The van der Waals surface area contributed by atoms with Gasteiger partial charge in [0.2, 0.25) is 0 Å². The summed E-state index contributed by atoms with van der Waals surface area (Å²) in [4.78, 5) is 15.8. The molecule has 0 amide bonds. The van der Waals surface area contributed by atoms with Crippen molar-refractivity contribution in [2.45, 2.75) is 19.3 Å². The van der Waals surface area contributed by atoms with Crippen LogP contribution in [-0.4, -0.2) is 28.9 Å². The summed E-state index contributed by atoms with van der Waals surface area (Å²) in [5, 5.41) is 9.61. The maximum Gasteiger partial charge on any atom is 0.328 e. The Hall–Kier alpha value is -0.850. The topological polar surface area (TPSA) is 59.4 Å². The van der Waals surface area contributed by atoms with Gasteiger partial charge < -0.3 is 9.84 Å². The molecule has 94 valence electrons. The van der Waals surface area contributed by atoms with Crippen LogP contribution in [0.2, 0.25) is 0 Å². The summed E-state index contributed by atoms with van der Waals surface area (Å²) in [6.45, 7) is 2.51. The minimum atomic E-state index is -0.953. The average Bonchev–Trinajstić information content (AvgIpc) is 2.67. The number of thioether (sulfide) groups is 1. The Labute approximate surface area is 109 Å². The van der Waals surface area contributed by atoms with Gasteiger partial charge in [-0.2, -0.15) is 11.8 Å². The summed E-state index contributed by atoms with van der Waals surface area (Å²) in [5.41, 5.74) is 0.807. The Bertz CT molecular complexity index is 401. The van der Waals surface area contributed by atoms with E-state index in [9.17, 15) is 4.79 Å². The number of hydrogen-bond donors (Lipinski definition) is 1. The number of carboxylic acid groups (broad SMARTS) is 1. The fourth-order valence-corrected chi connectivity index (χ4v) is 2.88. The van der Waals surface area contributed by atoms with Crippen LogP contribution < -0.4 is 0 Å². The van der Waals surface area contributed by atoms with E-state index in [0.717, 1.165) is 33.2 Å². The predicted molar refractivity (Wildman–Crippen MR) is 71.3 cm³/mol. The molecule has 17 heavy (non-hydrogen) atoms. The molecule has 0 bridgehead atoms. The molecule has 0 radical (unpaired) electrons. The third-order valence-electron chi connectivity index (χ3n) is 1.86. The molecule has 0 aliphatic heterocycles. The van der Waals surface area contributed by atoms with Crippen LogP contribution in [0.25, 0.3) is 6.08 Å². The lowest BCUT2D eigenvalue weighted by Gasteiger charge is -1.94. The van der Waals surface area contributed by atoms with Crippen LogP contribution in [0.3, 0.4) is 0 Å². The molecule has 0 atom stereocenters. The molecule has 1 N–H and O–H groups in total. The van der Waals surface area contributed by atoms with Crippen molar-refractivity contribution in [2.24, 2.45) is 0 Å². The molecule has 0 aliphatic rings. The Morgan fingerprint density at radius 3 is 3.00 bits per heavy atom. The van der Waals surface area contributed by atoms with Crippen LogP contribution in [0.5, 0.6) is 0 Å². The van der Waals surface area contributed by atoms with Crippen LogP contribution in [-0.2, 0) is 21.9 Å². The van der Waals surface area contributed by atoms with E-state index < -0.39 is 5.97 Å². The predicted octanol–water partition coefficient (Wildman–Crippen LogP) is 2.64. The second kappa shape index (κ2) is 7.47. The van der Waals surface area contributed by atoms with Crippen molar-refractivity contribution in [1.82, 2.24) is 4.98 Å². The summed E-state index contributed by atoms with van der Waals surface area (Å²) >= 11 is 3.31. The molecule has 0 unspecified atom stereocenters. The Morgan fingerprint density at radius 1 is 1.65 bits per heavy atom. The highest BCUT2D eigenvalue weighted by molar-refractivity contribution is 7.98. The fourth-order valence-electron chi connectivity index (χ4n) is 1.18. The number of nitrogens with zero attached hydrogens (tertiary/aromatic N) is 1. The van der Waals surface area contributed by atoms with Gasteiger partial charge in [0.05, 0.1) is 17.2 Å². The molecule has 1 aromatic heterocycles. The van der Waals surface area contributed by atoms with Gasteiger partial charge in [-0.05, 0) is 11.8 Å².